The van der Waals surface area contributed by atoms with Crippen molar-refractivity contribution >= 4 is 23.3 Å². The highest BCUT2D eigenvalue weighted by Gasteiger charge is 2.30. The number of ether oxygens (including phenoxy) is 1. The van der Waals surface area contributed by atoms with E-state index in [2.05, 4.69) is 5.32 Å². The molecule has 6 nitrogen and oxygen atoms in total. The van der Waals surface area contributed by atoms with Crippen LogP contribution in [0.2, 0.25) is 0 Å². The highest BCUT2D eigenvalue weighted by Crippen LogP contribution is 2.29. The molecule has 0 aromatic heterocycles. The van der Waals surface area contributed by atoms with Crippen molar-refractivity contribution in [3.63, 3.8) is 0 Å². The van der Waals surface area contributed by atoms with Crippen LogP contribution in [0, 0.1) is 0 Å². The molecule has 1 aromatic carbocycles. The third-order valence-corrected chi connectivity index (χ3v) is 3.28. The fourth-order valence-corrected chi connectivity index (χ4v) is 2.33. The minimum absolute atomic E-state index is 0.0627. The van der Waals surface area contributed by atoms with Gasteiger partial charge < -0.3 is 15.0 Å². The van der Waals surface area contributed by atoms with E-state index < -0.39 is 0 Å². The molecule has 0 radical (unpaired) electrons. The van der Waals surface area contributed by atoms with E-state index in [-0.39, 0.29) is 18.5 Å². The fourth-order valence-electron chi connectivity index (χ4n) is 2.33. The second-order valence-corrected chi connectivity index (χ2v) is 4.53. The first kappa shape index (κ1) is 12.0. The minimum Gasteiger partial charge on any atom is -0.378 e. The lowest BCUT2D eigenvalue weighted by Gasteiger charge is -2.35. The Morgan fingerprint density at radius 2 is 1.95 bits per heavy atom. The van der Waals surface area contributed by atoms with E-state index in [1.54, 1.807) is 11.0 Å². The summed E-state index contributed by atoms with van der Waals surface area (Å²) in [7, 11) is 0. The SMILES string of the molecule is O=C1CN(C(=O)N2CCOCC2)c2ccccc2N1. The summed E-state index contributed by atoms with van der Waals surface area (Å²) in [6.07, 6.45) is 0. The number of carbonyl (C=O) groups excluding carboxylic acids is 2. The van der Waals surface area contributed by atoms with E-state index in [1.807, 2.05) is 18.2 Å². The summed E-state index contributed by atoms with van der Waals surface area (Å²) in [5.74, 6) is -0.166. The number of benzene rings is 1. The molecular weight excluding hydrogens is 246 g/mol. The molecule has 2 aliphatic heterocycles. The number of anilines is 2. The molecule has 0 saturated carbocycles. The van der Waals surface area contributed by atoms with Crippen molar-refractivity contribution in [1.82, 2.24) is 4.90 Å². The van der Waals surface area contributed by atoms with Crippen LogP contribution in [-0.2, 0) is 9.53 Å². The maximum Gasteiger partial charge on any atom is 0.325 e. The summed E-state index contributed by atoms with van der Waals surface area (Å²) in [5.41, 5.74) is 1.43. The van der Waals surface area contributed by atoms with Crippen molar-refractivity contribution in [3.8, 4) is 0 Å². The summed E-state index contributed by atoms with van der Waals surface area (Å²) < 4.78 is 5.24. The summed E-state index contributed by atoms with van der Waals surface area (Å²) in [5, 5.41) is 2.77. The Hall–Kier alpha value is -2.08. The third-order valence-electron chi connectivity index (χ3n) is 3.28. The third kappa shape index (κ3) is 2.26. The largest absolute Gasteiger partial charge is 0.378 e. The van der Waals surface area contributed by atoms with E-state index in [9.17, 15) is 9.59 Å². The van der Waals surface area contributed by atoms with Gasteiger partial charge in [0.2, 0.25) is 5.91 Å². The van der Waals surface area contributed by atoms with Crippen LogP contribution in [0.3, 0.4) is 0 Å². The standard InChI is InChI=1S/C13H15N3O3/c17-12-9-16(11-4-2-1-3-10(11)14-12)13(18)15-5-7-19-8-6-15/h1-4H,5-9H2,(H,14,17). The van der Waals surface area contributed by atoms with Gasteiger partial charge in [0.15, 0.2) is 0 Å². The van der Waals surface area contributed by atoms with Gasteiger partial charge in [-0.1, -0.05) is 12.1 Å². The molecule has 0 unspecified atom stereocenters. The van der Waals surface area contributed by atoms with Crippen molar-refractivity contribution in [3.05, 3.63) is 24.3 Å². The fraction of sp³-hybridized carbons (Fsp3) is 0.385. The number of carbonyl (C=O) groups is 2. The Morgan fingerprint density at radius 3 is 2.74 bits per heavy atom. The maximum absolute atomic E-state index is 12.5. The highest BCUT2D eigenvalue weighted by atomic mass is 16.5. The average Bonchev–Trinajstić information content (AvgIpc) is 2.46. The van der Waals surface area contributed by atoms with Gasteiger partial charge in [-0.2, -0.15) is 0 Å². The lowest BCUT2D eigenvalue weighted by molar-refractivity contribution is -0.115. The molecule has 0 spiro atoms. The summed E-state index contributed by atoms with van der Waals surface area (Å²) in [4.78, 5) is 27.4. The molecule has 3 amide bonds. The number of amides is 3. The van der Waals surface area contributed by atoms with Crippen LogP contribution >= 0.6 is 0 Å². The van der Waals surface area contributed by atoms with Crippen LogP contribution in [0.5, 0.6) is 0 Å². The van der Waals surface area contributed by atoms with Crippen molar-refractivity contribution < 1.29 is 14.3 Å². The van der Waals surface area contributed by atoms with Crippen LogP contribution in [0.4, 0.5) is 16.2 Å². The van der Waals surface area contributed by atoms with Crippen molar-refractivity contribution in [1.29, 1.82) is 0 Å². The monoisotopic (exact) mass is 261 g/mol. The van der Waals surface area contributed by atoms with E-state index >= 15 is 0 Å². The smallest absolute Gasteiger partial charge is 0.325 e. The topological polar surface area (TPSA) is 61.9 Å². The zero-order valence-electron chi connectivity index (χ0n) is 10.5. The molecule has 100 valence electrons. The number of hydrogen-bond acceptors (Lipinski definition) is 3. The Kier molecular flexibility index (Phi) is 3.08. The van der Waals surface area contributed by atoms with Gasteiger partial charge in [0.1, 0.15) is 6.54 Å². The molecule has 1 aromatic rings. The average molecular weight is 261 g/mol. The van der Waals surface area contributed by atoms with Crippen molar-refractivity contribution in [2.75, 3.05) is 43.1 Å². The predicted molar refractivity (Wildman–Crippen MR) is 70.2 cm³/mol. The van der Waals surface area contributed by atoms with E-state index in [4.69, 9.17) is 4.74 Å². The number of rotatable bonds is 0. The molecule has 1 saturated heterocycles. The predicted octanol–water partition coefficient (Wildman–Crippen LogP) is 0.897. The lowest BCUT2D eigenvalue weighted by atomic mass is 10.2. The molecule has 0 atom stereocenters. The molecule has 2 aliphatic rings. The summed E-state index contributed by atoms with van der Waals surface area (Å²) in [6, 6.07) is 7.20. The normalized spacial score (nSPS) is 18.8. The van der Waals surface area contributed by atoms with Gasteiger partial charge in [-0.25, -0.2) is 4.79 Å². The Bertz CT molecular complexity index is 512. The molecule has 2 heterocycles. The van der Waals surface area contributed by atoms with Crippen LogP contribution in [0.25, 0.3) is 0 Å². The van der Waals surface area contributed by atoms with Gasteiger partial charge in [-0.05, 0) is 12.1 Å². The van der Waals surface area contributed by atoms with Gasteiger partial charge in [0, 0.05) is 13.1 Å². The van der Waals surface area contributed by atoms with Gasteiger partial charge in [0.25, 0.3) is 0 Å². The number of morpholine rings is 1. The molecule has 1 N–H and O–H groups in total. The van der Waals surface area contributed by atoms with Crippen LogP contribution < -0.4 is 10.2 Å². The number of para-hydroxylation sites is 2. The summed E-state index contributed by atoms with van der Waals surface area (Å²) in [6.45, 7) is 2.30. The first-order chi connectivity index (χ1) is 9.25. The Labute approximate surface area is 110 Å². The van der Waals surface area contributed by atoms with Gasteiger partial charge in [-0.3, -0.25) is 9.69 Å². The van der Waals surface area contributed by atoms with Crippen molar-refractivity contribution in [2.45, 2.75) is 0 Å². The highest BCUT2D eigenvalue weighted by molar-refractivity contribution is 6.09. The molecular formula is C13H15N3O3. The molecule has 0 aliphatic carbocycles. The van der Waals surface area contributed by atoms with Gasteiger partial charge >= 0.3 is 6.03 Å². The number of nitrogens with one attached hydrogen (secondary N) is 1. The molecule has 3 rings (SSSR count). The minimum atomic E-state index is -0.166. The Morgan fingerprint density at radius 1 is 1.21 bits per heavy atom. The zero-order valence-corrected chi connectivity index (χ0v) is 10.5. The number of nitrogens with zero attached hydrogens (tertiary/aromatic N) is 2. The molecule has 1 fully saturated rings. The van der Waals surface area contributed by atoms with E-state index in [0.717, 1.165) is 5.69 Å². The van der Waals surface area contributed by atoms with Crippen LogP contribution in [0.1, 0.15) is 0 Å². The summed E-state index contributed by atoms with van der Waals surface area (Å²) >= 11 is 0. The second-order valence-electron chi connectivity index (χ2n) is 4.53. The molecule has 19 heavy (non-hydrogen) atoms. The molecule has 6 heteroatoms. The quantitative estimate of drug-likeness (QED) is 0.754. The van der Waals surface area contributed by atoms with E-state index in [1.165, 1.54) is 4.90 Å². The van der Waals surface area contributed by atoms with E-state index in [0.29, 0.717) is 32.0 Å². The second kappa shape index (κ2) is 4.89. The first-order valence-corrected chi connectivity index (χ1v) is 6.29. The maximum atomic E-state index is 12.5. The lowest BCUT2D eigenvalue weighted by Crippen LogP contribution is -2.52. The van der Waals surface area contributed by atoms with Gasteiger partial charge in [0.05, 0.1) is 24.6 Å². The molecule has 0 bridgehead atoms. The van der Waals surface area contributed by atoms with Gasteiger partial charge in [-0.15, -0.1) is 0 Å². The Balaban J connectivity index is 1.87. The van der Waals surface area contributed by atoms with Crippen LogP contribution in [-0.4, -0.2) is 49.7 Å². The number of hydrogen-bond donors (Lipinski definition) is 1. The first-order valence-electron chi connectivity index (χ1n) is 6.29. The number of fused-ring (bicyclic) bond motifs is 1. The zero-order chi connectivity index (χ0) is 13.2. The van der Waals surface area contributed by atoms with Crippen LogP contribution in [0.15, 0.2) is 24.3 Å². The number of urea groups is 1. The van der Waals surface area contributed by atoms with Crippen molar-refractivity contribution in [2.24, 2.45) is 0 Å².